The van der Waals surface area contributed by atoms with Crippen molar-refractivity contribution in [3.05, 3.63) is 24.0 Å². The quantitative estimate of drug-likeness (QED) is 0.772. The Kier molecular flexibility index (Phi) is 3.91. The SMILES string of the molecule is N#Cc1ncccc1S(=O)(=O)N1CCCOCC1. The normalized spacial score (nSPS) is 17.9. The molecule has 1 aromatic heterocycles. The average molecular weight is 267 g/mol. The molecule has 1 aromatic rings. The van der Waals surface area contributed by atoms with E-state index in [1.807, 2.05) is 6.07 Å². The summed E-state index contributed by atoms with van der Waals surface area (Å²) in [5, 5.41) is 8.92. The van der Waals surface area contributed by atoms with Gasteiger partial charge in [0.2, 0.25) is 10.0 Å². The van der Waals surface area contributed by atoms with Gasteiger partial charge in [-0.15, -0.1) is 0 Å². The molecule has 1 aliphatic rings. The first kappa shape index (κ1) is 13.0. The van der Waals surface area contributed by atoms with Crippen LogP contribution in [0.1, 0.15) is 12.1 Å². The summed E-state index contributed by atoms with van der Waals surface area (Å²) in [4.78, 5) is 3.75. The highest BCUT2D eigenvalue weighted by molar-refractivity contribution is 7.89. The van der Waals surface area contributed by atoms with Gasteiger partial charge in [-0.3, -0.25) is 0 Å². The highest BCUT2D eigenvalue weighted by Gasteiger charge is 2.28. The smallest absolute Gasteiger partial charge is 0.246 e. The van der Waals surface area contributed by atoms with Crippen LogP contribution in [0.15, 0.2) is 23.2 Å². The molecule has 1 aliphatic heterocycles. The molecule has 0 radical (unpaired) electrons. The Bertz CT molecular complexity index is 557. The molecule has 2 heterocycles. The Hall–Kier alpha value is -1.49. The standard InChI is InChI=1S/C11H13N3O3S/c12-9-10-11(3-1-4-13-10)18(15,16)14-5-2-7-17-8-6-14/h1,3-4H,2,5-8H2. The molecule has 0 N–H and O–H groups in total. The maximum absolute atomic E-state index is 12.4. The minimum absolute atomic E-state index is 0.0330. The van der Waals surface area contributed by atoms with Crippen LogP contribution in [-0.2, 0) is 14.8 Å². The molecule has 0 amide bonds. The summed E-state index contributed by atoms with van der Waals surface area (Å²) in [6, 6.07) is 4.73. The Morgan fingerprint density at radius 1 is 1.39 bits per heavy atom. The van der Waals surface area contributed by atoms with Gasteiger partial charge in [-0.1, -0.05) is 0 Å². The summed E-state index contributed by atoms with van der Waals surface area (Å²) >= 11 is 0. The lowest BCUT2D eigenvalue weighted by Gasteiger charge is -2.19. The van der Waals surface area contributed by atoms with Crippen molar-refractivity contribution >= 4 is 10.0 Å². The maximum atomic E-state index is 12.4. The number of nitriles is 1. The molecule has 6 nitrogen and oxygen atoms in total. The minimum Gasteiger partial charge on any atom is -0.380 e. The lowest BCUT2D eigenvalue weighted by molar-refractivity contribution is 0.148. The van der Waals surface area contributed by atoms with E-state index in [4.69, 9.17) is 10.00 Å². The minimum atomic E-state index is -3.66. The van der Waals surface area contributed by atoms with Crippen molar-refractivity contribution in [2.45, 2.75) is 11.3 Å². The number of pyridine rings is 1. The van der Waals surface area contributed by atoms with E-state index < -0.39 is 10.0 Å². The van der Waals surface area contributed by atoms with Crippen LogP contribution < -0.4 is 0 Å². The van der Waals surface area contributed by atoms with Gasteiger partial charge in [0.1, 0.15) is 11.0 Å². The molecule has 0 bridgehead atoms. The highest BCUT2D eigenvalue weighted by atomic mass is 32.2. The molecule has 96 valence electrons. The molecule has 0 aliphatic carbocycles. The maximum Gasteiger partial charge on any atom is 0.246 e. The molecule has 1 saturated heterocycles. The number of sulfonamides is 1. The summed E-state index contributed by atoms with van der Waals surface area (Å²) in [5.74, 6) is 0. The summed E-state index contributed by atoms with van der Waals surface area (Å²) in [7, 11) is -3.66. The van der Waals surface area contributed by atoms with Crippen molar-refractivity contribution in [2.24, 2.45) is 0 Å². The molecule has 0 aromatic carbocycles. The lowest BCUT2D eigenvalue weighted by Crippen LogP contribution is -2.33. The first-order valence-electron chi connectivity index (χ1n) is 5.59. The van der Waals surface area contributed by atoms with Gasteiger partial charge in [0.15, 0.2) is 5.69 Å². The summed E-state index contributed by atoms with van der Waals surface area (Å²) in [6.07, 6.45) is 2.06. The van der Waals surface area contributed by atoms with Crippen LogP contribution in [-0.4, -0.2) is 44.0 Å². The Morgan fingerprint density at radius 2 is 2.22 bits per heavy atom. The summed E-state index contributed by atoms with van der Waals surface area (Å²) in [5.41, 5.74) is -0.0670. The van der Waals surface area contributed by atoms with Crippen molar-refractivity contribution in [3.63, 3.8) is 0 Å². The molecule has 0 spiro atoms. The van der Waals surface area contributed by atoms with Crippen LogP contribution in [0.2, 0.25) is 0 Å². The Labute approximate surface area is 106 Å². The van der Waals surface area contributed by atoms with E-state index >= 15 is 0 Å². The largest absolute Gasteiger partial charge is 0.380 e. The van der Waals surface area contributed by atoms with Gasteiger partial charge < -0.3 is 4.74 Å². The predicted octanol–water partition coefficient (Wildman–Crippen LogP) is 0.364. The van der Waals surface area contributed by atoms with Crippen molar-refractivity contribution in [1.29, 1.82) is 5.26 Å². The monoisotopic (exact) mass is 267 g/mol. The van der Waals surface area contributed by atoms with Crippen LogP contribution in [0, 0.1) is 11.3 Å². The van der Waals surface area contributed by atoms with Crippen molar-refractivity contribution in [2.75, 3.05) is 26.3 Å². The first-order chi connectivity index (χ1) is 8.66. The number of aromatic nitrogens is 1. The fraction of sp³-hybridized carbons (Fsp3) is 0.455. The third kappa shape index (κ3) is 2.51. The van der Waals surface area contributed by atoms with E-state index in [-0.39, 0.29) is 10.6 Å². The van der Waals surface area contributed by atoms with E-state index in [0.29, 0.717) is 32.7 Å². The van der Waals surface area contributed by atoms with Crippen molar-refractivity contribution in [3.8, 4) is 6.07 Å². The van der Waals surface area contributed by atoms with Gasteiger partial charge in [-0.05, 0) is 18.6 Å². The van der Waals surface area contributed by atoms with Gasteiger partial charge >= 0.3 is 0 Å². The third-order valence-electron chi connectivity index (χ3n) is 2.68. The number of nitrogens with zero attached hydrogens (tertiary/aromatic N) is 3. The van der Waals surface area contributed by atoms with Gasteiger partial charge in [0.05, 0.1) is 6.61 Å². The van der Waals surface area contributed by atoms with E-state index in [9.17, 15) is 8.42 Å². The first-order valence-corrected chi connectivity index (χ1v) is 7.03. The molecular weight excluding hydrogens is 254 g/mol. The van der Waals surface area contributed by atoms with E-state index in [1.54, 1.807) is 0 Å². The molecule has 1 fully saturated rings. The van der Waals surface area contributed by atoms with Crippen LogP contribution >= 0.6 is 0 Å². The highest BCUT2D eigenvalue weighted by Crippen LogP contribution is 2.19. The second kappa shape index (κ2) is 5.44. The van der Waals surface area contributed by atoms with Gasteiger partial charge in [0.25, 0.3) is 0 Å². The Morgan fingerprint density at radius 3 is 3.00 bits per heavy atom. The number of ether oxygens (including phenoxy) is 1. The summed E-state index contributed by atoms with van der Waals surface area (Å²) in [6.45, 7) is 1.65. The van der Waals surface area contributed by atoms with Crippen LogP contribution in [0.3, 0.4) is 0 Å². The van der Waals surface area contributed by atoms with Crippen molar-refractivity contribution < 1.29 is 13.2 Å². The second-order valence-electron chi connectivity index (χ2n) is 3.83. The molecular formula is C11H13N3O3S. The Balaban J connectivity index is 2.38. The fourth-order valence-corrected chi connectivity index (χ4v) is 3.34. The fourth-order valence-electron chi connectivity index (χ4n) is 1.79. The zero-order valence-electron chi connectivity index (χ0n) is 9.74. The van der Waals surface area contributed by atoms with Crippen LogP contribution in [0.5, 0.6) is 0 Å². The average Bonchev–Trinajstić information content (AvgIpc) is 2.68. The molecule has 0 atom stereocenters. The van der Waals surface area contributed by atoms with Crippen molar-refractivity contribution in [1.82, 2.24) is 9.29 Å². The molecule has 0 saturated carbocycles. The summed E-state index contributed by atoms with van der Waals surface area (Å²) < 4.78 is 31.4. The van der Waals surface area contributed by atoms with Crippen LogP contribution in [0.4, 0.5) is 0 Å². The third-order valence-corrected chi connectivity index (χ3v) is 4.61. The zero-order chi connectivity index (χ0) is 13.0. The lowest BCUT2D eigenvalue weighted by atomic mass is 10.4. The van der Waals surface area contributed by atoms with Crippen LogP contribution in [0.25, 0.3) is 0 Å². The van der Waals surface area contributed by atoms with Gasteiger partial charge in [-0.25, -0.2) is 13.4 Å². The molecule has 2 rings (SSSR count). The van der Waals surface area contributed by atoms with E-state index in [2.05, 4.69) is 4.98 Å². The predicted molar refractivity (Wildman–Crippen MR) is 63.1 cm³/mol. The topological polar surface area (TPSA) is 83.3 Å². The van der Waals surface area contributed by atoms with Gasteiger partial charge in [-0.2, -0.15) is 9.57 Å². The van der Waals surface area contributed by atoms with E-state index in [1.165, 1.54) is 22.6 Å². The molecule has 18 heavy (non-hydrogen) atoms. The zero-order valence-corrected chi connectivity index (χ0v) is 10.6. The number of rotatable bonds is 2. The van der Waals surface area contributed by atoms with Gasteiger partial charge in [0, 0.05) is 25.9 Å². The second-order valence-corrected chi connectivity index (χ2v) is 5.74. The number of hydrogen-bond acceptors (Lipinski definition) is 5. The molecule has 7 heteroatoms. The number of hydrogen-bond donors (Lipinski definition) is 0. The van der Waals surface area contributed by atoms with E-state index in [0.717, 1.165) is 0 Å². The molecule has 0 unspecified atom stereocenters.